The Bertz CT molecular complexity index is 1030. The number of hydrogen-bond acceptors (Lipinski definition) is 4. The quantitative estimate of drug-likeness (QED) is 0.692. The topological polar surface area (TPSA) is 48.5 Å². The van der Waals surface area contributed by atoms with Gasteiger partial charge in [-0.05, 0) is 61.7 Å². The molecule has 2 aromatic carbocycles. The molecule has 2 heterocycles. The molecule has 1 amide bonds. The van der Waals surface area contributed by atoms with Crippen LogP contribution < -0.4 is 10.2 Å². The molecule has 1 aromatic heterocycles. The standard InChI is InChI=1S/C23H25FN4O/c1-27(2)18-9-7-17(8-10-18)26-22-19-14-16(24)6-11-21(19)25-15-20(22)23(29)28-12-4-3-5-13-28/h6-11,14-15H,3-5,12-13H2,1-2H3,(H,25,26). The summed E-state index contributed by atoms with van der Waals surface area (Å²) in [5.41, 5.74) is 3.63. The Hall–Kier alpha value is -3.15. The predicted octanol–water partition coefficient (Wildman–Crippen LogP) is 4.81. The average Bonchev–Trinajstić information content (AvgIpc) is 2.74. The van der Waals surface area contributed by atoms with E-state index >= 15 is 0 Å². The molecule has 4 rings (SSSR count). The molecule has 1 N–H and O–H groups in total. The Kier molecular flexibility index (Phi) is 5.34. The van der Waals surface area contributed by atoms with Crippen molar-refractivity contribution < 1.29 is 9.18 Å². The van der Waals surface area contributed by atoms with Gasteiger partial charge in [-0.1, -0.05) is 0 Å². The number of piperidine rings is 1. The van der Waals surface area contributed by atoms with Crippen LogP contribution in [0.25, 0.3) is 10.9 Å². The van der Waals surface area contributed by atoms with E-state index in [4.69, 9.17) is 0 Å². The molecular formula is C23H25FN4O. The van der Waals surface area contributed by atoms with Crippen molar-refractivity contribution in [2.24, 2.45) is 0 Å². The van der Waals surface area contributed by atoms with E-state index in [1.165, 1.54) is 12.1 Å². The van der Waals surface area contributed by atoms with E-state index in [9.17, 15) is 9.18 Å². The van der Waals surface area contributed by atoms with Crippen molar-refractivity contribution >= 4 is 33.9 Å². The molecule has 0 saturated carbocycles. The zero-order valence-corrected chi connectivity index (χ0v) is 16.8. The summed E-state index contributed by atoms with van der Waals surface area (Å²) in [4.78, 5) is 21.5. The maximum atomic E-state index is 14.0. The maximum Gasteiger partial charge on any atom is 0.257 e. The SMILES string of the molecule is CN(C)c1ccc(Nc2c(C(=O)N3CCCCC3)cnc3ccc(F)cc23)cc1. The summed E-state index contributed by atoms with van der Waals surface area (Å²) in [5, 5.41) is 3.96. The summed E-state index contributed by atoms with van der Waals surface area (Å²) in [5.74, 6) is -0.413. The fourth-order valence-electron chi connectivity index (χ4n) is 3.72. The molecule has 0 unspecified atom stereocenters. The number of nitrogens with one attached hydrogen (secondary N) is 1. The number of halogens is 1. The highest BCUT2D eigenvalue weighted by Crippen LogP contribution is 2.31. The molecule has 0 atom stereocenters. The molecule has 1 aliphatic rings. The number of carbonyl (C=O) groups is 1. The summed E-state index contributed by atoms with van der Waals surface area (Å²) in [6.45, 7) is 1.49. The lowest BCUT2D eigenvalue weighted by atomic mass is 10.1. The molecule has 150 valence electrons. The van der Waals surface area contributed by atoms with E-state index in [2.05, 4.69) is 10.3 Å². The van der Waals surface area contributed by atoms with Crippen molar-refractivity contribution in [3.05, 3.63) is 60.0 Å². The van der Waals surface area contributed by atoms with Crippen LogP contribution in [0.3, 0.4) is 0 Å². The van der Waals surface area contributed by atoms with Gasteiger partial charge in [0.1, 0.15) is 5.82 Å². The van der Waals surface area contributed by atoms with E-state index in [1.54, 1.807) is 12.3 Å². The fourth-order valence-corrected chi connectivity index (χ4v) is 3.72. The first kappa shape index (κ1) is 19.2. The lowest BCUT2D eigenvalue weighted by molar-refractivity contribution is 0.0725. The highest BCUT2D eigenvalue weighted by Gasteiger charge is 2.23. The Morgan fingerprint density at radius 1 is 1.07 bits per heavy atom. The van der Waals surface area contributed by atoms with Crippen molar-refractivity contribution in [1.29, 1.82) is 0 Å². The predicted molar refractivity (Wildman–Crippen MR) is 116 cm³/mol. The largest absolute Gasteiger partial charge is 0.378 e. The summed E-state index contributed by atoms with van der Waals surface area (Å²) in [6.07, 6.45) is 4.77. The summed E-state index contributed by atoms with van der Waals surface area (Å²) in [7, 11) is 3.97. The number of pyridine rings is 1. The zero-order chi connectivity index (χ0) is 20.4. The maximum absolute atomic E-state index is 14.0. The van der Waals surface area contributed by atoms with Gasteiger partial charge in [0.25, 0.3) is 5.91 Å². The second kappa shape index (κ2) is 8.07. The number of hydrogen-bond donors (Lipinski definition) is 1. The second-order valence-electron chi connectivity index (χ2n) is 7.63. The molecule has 1 fully saturated rings. The number of amides is 1. The van der Waals surface area contributed by atoms with Gasteiger partial charge < -0.3 is 15.1 Å². The first-order valence-electron chi connectivity index (χ1n) is 9.95. The zero-order valence-electron chi connectivity index (χ0n) is 16.8. The summed E-state index contributed by atoms with van der Waals surface area (Å²) >= 11 is 0. The molecule has 1 aliphatic heterocycles. The molecule has 6 heteroatoms. The Balaban J connectivity index is 1.77. The van der Waals surface area contributed by atoms with Crippen LogP contribution in [0.2, 0.25) is 0 Å². The monoisotopic (exact) mass is 392 g/mol. The van der Waals surface area contributed by atoms with Crippen LogP contribution in [-0.4, -0.2) is 43.0 Å². The molecule has 0 bridgehead atoms. The molecular weight excluding hydrogens is 367 g/mol. The van der Waals surface area contributed by atoms with Gasteiger partial charge in [0, 0.05) is 50.1 Å². The lowest BCUT2D eigenvalue weighted by Crippen LogP contribution is -2.36. The van der Waals surface area contributed by atoms with Crippen LogP contribution in [0.4, 0.5) is 21.5 Å². The number of benzene rings is 2. The van der Waals surface area contributed by atoms with Crippen molar-refractivity contribution in [3.8, 4) is 0 Å². The fraction of sp³-hybridized carbons (Fsp3) is 0.304. The van der Waals surface area contributed by atoms with Crippen molar-refractivity contribution in [2.75, 3.05) is 37.4 Å². The molecule has 0 radical (unpaired) electrons. The molecule has 29 heavy (non-hydrogen) atoms. The smallest absolute Gasteiger partial charge is 0.257 e. The normalized spacial score (nSPS) is 14.1. The molecule has 1 saturated heterocycles. The Morgan fingerprint density at radius 2 is 1.79 bits per heavy atom. The van der Waals surface area contributed by atoms with Crippen LogP contribution >= 0.6 is 0 Å². The van der Waals surface area contributed by atoms with Crippen molar-refractivity contribution in [2.45, 2.75) is 19.3 Å². The van der Waals surface area contributed by atoms with Gasteiger partial charge in [0.2, 0.25) is 0 Å². The molecule has 5 nitrogen and oxygen atoms in total. The number of likely N-dealkylation sites (tertiary alicyclic amines) is 1. The van der Waals surface area contributed by atoms with Crippen LogP contribution in [0.15, 0.2) is 48.7 Å². The lowest BCUT2D eigenvalue weighted by Gasteiger charge is -2.27. The Labute approximate surface area is 170 Å². The summed E-state index contributed by atoms with van der Waals surface area (Å²) in [6, 6.07) is 12.4. The van der Waals surface area contributed by atoms with E-state index < -0.39 is 0 Å². The van der Waals surface area contributed by atoms with E-state index in [0.29, 0.717) is 22.2 Å². The number of rotatable bonds is 4. The van der Waals surface area contributed by atoms with Gasteiger partial charge in [-0.3, -0.25) is 9.78 Å². The van der Waals surface area contributed by atoms with Crippen molar-refractivity contribution in [1.82, 2.24) is 9.88 Å². The van der Waals surface area contributed by atoms with Crippen LogP contribution in [-0.2, 0) is 0 Å². The van der Waals surface area contributed by atoms with Gasteiger partial charge in [-0.15, -0.1) is 0 Å². The van der Waals surface area contributed by atoms with Crippen LogP contribution in [0.5, 0.6) is 0 Å². The summed E-state index contributed by atoms with van der Waals surface area (Å²) < 4.78 is 14.0. The third kappa shape index (κ3) is 4.01. The van der Waals surface area contributed by atoms with E-state index in [0.717, 1.165) is 43.7 Å². The highest BCUT2D eigenvalue weighted by atomic mass is 19.1. The van der Waals surface area contributed by atoms with Crippen LogP contribution in [0, 0.1) is 5.82 Å². The first-order chi connectivity index (χ1) is 14.0. The minimum Gasteiger partial charge on any atom is -0.378 e. The van der Waals surface area contributed by atoms with E-state index in [1.807, 2.05) is 48.2 Å². The van der Waals surface area contributed by atoms with Gasteiger partial charge in [-0.25, -0.2) is 4.39 Å². The third-order valence-electron chi connectivity index (χ3n) is 5.36. The van der Waals surface area contributed by atoms with Gasteiger partial charge in [-0.2, -0.15) is 0 Å². The molecule has 0 aliphatic carbocycles. The highest BCUT2D eigenvalue weighted by molar-refractivity contribution is 6.08. The number of fused-ring (bicyclic) bond motifs is 1. The minimum atomic E-state index is -0.354. The minimum absolute atomic E-state index is 0.0595. The first-order valence-corrected chi connectivity index (χ1v) is 9.95. The third-order valence-corrected chi connectivity index (χ3v) is 5.36. The van der Waals surface area contributed by atoms with Crippen molar-refractivity contribution in [3.63, 3.8) is 0 Å². The average molecular weight is 392 g/mol. The van der Waals surface area contributed by atoms with E-state index in [-0.39, 0.29) is 11.7 Å². The number of anilines is 3. The number of nitrogens with zero attached hydrogens (tertiary/aromatic N) is 3. The van der Waals surface area contributed by atoms with Gasteiger partial charge in [0.15, 0.2) is 0 Å². The van der Waals surface area contributed by atoms with Gasteiger partial charge in [0.05, 0.1) is 16.8 Å². The molecule has 3 aromatic rings. The number of aromatic nitrogens is 1. The second-order valence-corrected chi connectivity index (χ2v) is 7.63. The molecule has 0 spiro atoms. The number of carbonyl (C=O) groups excluding carboxylic acids is 1. The van der Waals surface area contributed by atoms with Gasteiger partial charge >= 0.3 is 0 Å². The Morgan fingerprint density at radius 3 is 2.48 bits per heavy atom. The van der Waals surface area contributed by atoms with Crippen LogP contribution in [0.1, 0.15) is 29.6 Å².